The summed E-state index contributed by atoms with van der Waals surface area (Å²) >= 11 is 18.7. The van der Waals surface area contributed by atoms with Crippen molar-refractivity contribution in [2.45, 2.75) is 20.8 Å². The number of ether oxygens (including phenoxy) is 1. The molecule has 0 atom stereocenters. The van der Waals surface area contributed by atoms with E-state index in [0.29, 0.717) is 44.3 Å². The summed E-state index contributed by atoms with van der Waals surface area (Å²) in [6.07, 6.45) is 0. The third-order valence-corrected chi connectivity index (χ3v) is 6.43. The zero-order valence-corrected chi connectivity index (χ0v) is 19.5. The average Bonchev–Trinajstić information content (AvgIpc) is 3.01. The minimum atomic E-state index is -0.552. The highest BCUT2D eigenvalue weighted by molar-refractivity contribution is 7.80. The van der Waals surface area contributed by atoms with E-state index >= 15 is 0 Å². The first-order valence-electron chi connectivity index (χ1n) is 8.78. The number of nitrogens with one attached hydrogen (secondary N) is 2. The van der Waals surface area contributed by atoms with E-state index in [1.807, 2.05) is 13.8 Å². The number of nitrogens with zero attached hydrogens (tertiary/aromatic N) is 1. The van der Waals surface area contributed by atoms with Crippen LogP contribution in [0.1, 0.15) is 39.4 Å². The Labute approximate surface area is 189 Å². The van der Waals surface area contributed by atoms with E-state index in [9.17, 15) is 9.59 Å². The van der Waals surface area contributed by atoms with Gasteiger partial charge >= 0.3 is 5.97 Å². The smallest absolute Gasteiger partial charge is 0.341 e. The minimum Gasteiger partial charge on any atom is -0.465 e. The lowest BCUT2D eigenvalue weighted by atomic mass is 10.1. The molecule has 0 aliphatic carbocycles. The van der Waals surface area contributed by atoms with Gasteiger partial charge in [0.05, 0.1) is 33.3 Å². The van der Waals surface area contributed by atoms with Crippen LogP contribution in [0.4, 0.5) is 10.7 Å². The van der Waals surface area contributed by atoms with Crippen molar-refractivity contribution in [1.29, 1.82) is 0 Å². The second-order valence-electron chi connectivity index (χ2n) is 5.91. The molecule has 1 heterocycles. The van der Waals surface area contributed by atoms with Crippen LogP contribution in [0.3, 0.4) is 0 Å². The number of methoxy groups -OCH3 is 1. The van der Waals surface area contributed by atoms with Crippen LogP contribution in [0.15, 0.2) is 18.2 Å². The summed E-state index contributed by atoms with van der Waals surface area (Å²) in [5, 5.41) is 7.25. The van der Waals surface area contributed by atoms with Crippen molar-refractivity contribution >= 4 is 74.4 Å². The van der Waals surface area contributed by atoms with Crippen molar-refractivity contribution in [3.8, 4) is 0 Å². The predicted octanol–water partition coefficient (Wildman–Crippen LogP) is 5.44. The molecule has 0 fully saturated rings. The Hall–Kier alpha value is -1.87. The molecule has 2 N–H and O–H groups in total. The lowest BCUT2D eigenvalue weighted by molar-refractivity contribution is 0.0601. The van der Waals surface area contributed by atoms with Gasteiger partial charge in [0, 0.05) is 13.1 Å². The van der Waals surface area contributed by atoms with Crippen LogP contribution in [0, 0.1) is 6.92 Å². The Morgan fingerprint density at radius 1 is 1.21 bits per heavy atom. The number of benzene rings is 1. The Morgan fingerprint density at radius 2 is 1.86 bits per heavy atom. The monoisotopic (exact) mass is 473 g/mol. The predicted molar refractivity (Wildman–Crippen MR) is 124 cm³/mol. The highest BCUT2D eigenvalue weighted by Crippen LogP contribution is 2.35. The van der Waals surface area contributed by atoms with E-state index in [1.54, 1.807) is 30.0 Å². The van der Waals surface area contributed by atoms with Crippen LogP contribution in [0.5, 0.6) is 0 Å². The molecule has 2 aromatic rings. The van der Waals surface area contributed by atoms with Gasteiger partial charge in [-0.3, -0.25) is 4.79 Å². The van der Waals surface area contributed by atoms with Crippen LogP contribution in [0.2, 0.25) is 10.0 Å². The van der Waals surface area contributed by atoms with Gasteiger partial charge in [-0.25, -0.2) is 4.79 Å². The molecule has 1 amide bonds. The number of amides is 1. The van der Waals surface area contributed by atoms with E-state index < -0.39 is 5.97 Å². The molecule has 0 spiro atoms. The first kappa shape index (κ1) is 23.4. The largest absolute Gasteiger partial charge is 0.465 e. The number of carbonyl (C=O) groups is 2. The van der Waals surface area contributed by atoms with E-state index in [0.717, 1.165) is 11.3 Å². The van der Waals surface area contributed by atoms with Crippen molar-refractivity contribution in [3.05, 3.63) is 44.2 Å². The maximum atomic E-state index is 12.8. The lowest BCUT2D eigenvalue weighted by Crippen LogP contribution is -2.30. The number of halogens is 2. The average molecular weight is 474 g/mol. The summed E-state index contributed by atoms with van der Waals surface area (Å²) in [5.74, 6) is -0.698. The van der Waals surface area contributed by atoms with Crippen LogP contribution >= 0.6 is 46.8 Å². The Morgan fingerprint density at radius 3 is 2.45 bits per heavy atom. The maximum absolute atomic E-state index is 12.8. The molecular formula is C19H21Cl2N3O3S2. The number of thiocarbonyl (C=S) groups is 1. The second kappa shape index (κ2) is 10.2. The summed E-state index contributed by atoms with van der Waals surface area (Å²) in [7, 11) is 1.29. The highest BCUT2D eigenvalue weighted by Gasteiger charge is 2.27. The minimum absolute atomic E-state index is 0.146. The zero-order chi connectivity index (χ0) is 21.7. The number of hydrogen-bond donors (Lipinski definition) is 2. The molecule has 6 nitrogen and oxygen atoms in total. The van der Waals surface area contributed by atoms with Gasteiger partial charge in [0.2, 0.25) is 0 Å². The van der Waals surface area contributed by atoms with Gasteiger partial charge in [-0.1, -0.05) is 29.3 Å². The number of esters is 1. The molecule has 2 rings (SSSR count). The van der Waals surface area contributed by atoms with Crippen LogP contribution in [-0.2, 0) is 4.74 Å². The molecule has 0 saturated carbocycles. The SMILES string of the molecule is CCN(CC)C(=O)c1sc(NC(=S)Nc2cccc(Cl)c2Cl)c(C(=O)OC)c1C. The van der Waals surface area contributed by atoms with Gasteiger partial charge < -0.3 is 20.3 Å². The Kier molecular flexibility index (Phi) is 8.27. The fraction of sp³-hybridized carbons (Fsp3) is 0.316. The van der Waals surface area contributed by atoms with E-state index in [2.05, 4.69) is 10.6 Å². The maximum Gasteiger partial charge on any atom is 0.341 e. The van der Waals surface area contributed by atoms with Gasteiger partial charge in [-0.05, 0) is 50.7 Å². The van der Waals surface area contributed by atoms with Gasteiger partial charge in [-0.2, -0.15) is 0 Å². The summed E-state index contributed by atoms with van der Waals surface area (Å²) in [5.41, 5.74) is 1.34. The molecule has 10 heteroatoms. The number of hydrogen-bond acceptors (Lipinski definition) is 5. The third kappa shape index (κ3) is 5.19. The van der Waals surface area contributed by atoms with Gasteiger partial charge in [-0.15, -0.1) is 11.3 Å². The van der Waals surface area contributed by atoms with Crippen molar-refractivity contribution in [2.24, 2.45) is 0 Å². The molecule has 0 aliphatic rings. The summed E-state index contributed by atoms with van der Waals surface area (Å²) < 4.78 is 4.90. The Bertz CT molecular complexity index is 943. The van der Waals surface area contributed by atoms with E-state index in [-0.39, 0.29) is 16.6 Å². The van der Waals surface area contributed by atoms with Crippen molar-refractivity contribution in [1.82, 2.24) is 4.90 Å². The van der Waals surface area contributed by atoms with E-state index in [1.165, 1.54) is 7.11 Å². The molecule has 0 radical (unpaired) electrons. The molecule has 156 valence electrons. The highest BCUT2D eigenvalue weighted by atomic mass is 35.5. The number of thiophene rings is 1. The summed E-state index contributed by atoms with van der Waals surface area (Å²) in [6, 6.07) is 5.11. The molecule has 1 aromatic heterocycles. The van der Waals surface area contributed by atoms with Crippen molar-refractivity contribution in [2.75, 3.05) is 30.8 Å². The number of rotatable bonds is 6. The molecule has 1 aromatic carbocycles. The summed E-state index contributed by atoms with van der Waals surface area (Å²) in [4.78, 5) is 27.3. The first-order valence-corrected chi connectivity index (χ1v) is 10.8. The molecule has 29 heavy (non-hydrogen) atoms. The standard InChI is InChI=1S/C19H21Cl2N3O3S2/c1-5-24(6-2)17(25)15-10(3)13(18(26)27-4)16(29-15)23-19(28)22-12-9-7-8-11(20)14(12)21/h7-9H,5-6H2,1-4H3,(H2,22,23,28). The second-order valence-corrected chi connectivity index (χ2v) is 8.12. The number of carbonyl (C=O) groups excluding carboxylic acids is 2. The normalized spacial score (nSPS) is 10.4. The summed E-state index contributed by atoms with van der Waals surface area (Å²) in [6.45, 7) is 6.65. The molecule has 0 aliphatic heterocycles. The van der Waals surface area contributed by atoms with Crippen LogP contribution < -0.4 is 10.6 Å². The van der Waals surface area contributed by atoms with Crippen LogP contribution in [0.25, 0.3) is 0 Å². The van der Waals surface area contributed by atoms with Crippen LogP contribution in [-0.4, -0.2) is 42.1 Å². The first-order chi connectivity index (χ1) is 13.7. The third-order valence-electron chi connectivity index (χ3n) is 4.21. The molecular weight excluding hydrogens is 453 g/mol. The van der Waals surface area contributed by atoms with E-state index in [4.69, 9.17) is 40.2 Å². The fourth-order valence-electron chi connectivity index (χ4n) is 2.66. The Balaban J connectivity index is 2.37. The zero-order valence-electron chi connectivity index (χ0n) is 16.4. The molecule has 0 bridgehead atoms. The quantitative estimate of drug-likeness (QED) is 0.429. The molecule has 0 saturated heterocycles. The van der Waals surface area contributed by atoms with Crippen molar-refractivity contribution in [3.63, 3.8) is 0 Å². The lowest BCUT2D eigenvalue weighted by Gasteiger charge is -2.18. The van der Waals surface area contributed by atoms with Gasteiger partial charge in [0.25, 0.3) is 5.91 Å². The van der Waals surface area contributed by atoms with Gasteiger partial charge in [0.1, 0.15) is 5.00 Å². The van der Waals surface area contributed by atoms with Crippen molar-refractivity contribution < 1.29 is 14.3 Å². The fourth-order valence-corrected chi connectivity index (χ4v) is 4.46. The molecule has 0 unspecified atom stereocenters. The number of anilines is 2. The topological polar surface area (TPSA) is 70.7 Å². The van der Waals surface area contributed by atoms with Gasteiger partial charge in [0.15, 0.2) is 5.11 Å².